The van der Waals surface area contributed by atoms with Crippen molar-refractivity contribution < 1.29 is 9.18 Å². The van der Waals surface area contributed by atoms with Crippen LogP contribution in [0, 0.1) is 12.7 Å². The first-order chi connectivity index (χ1) is 12.4. The number of rotatable bonds is 5. The lowest BCUT2D eigenvalue weighted by molar-refractivity contribution is 0.0943. The minimum Gasteiger partial charge on any atom is -0.349 e. The summed E-state index contributed by atoms with van der Waals surface area (Å²) in [5.41, 5.74) is 0.763. The number of fused-ring (bicyclic) bond motifs is 1. The molecule has 1 N–H and O–H groups in total. The highest BCUT2D eigenvalue weighted by molar-refractivity contribution is 7.20. The number of nitrogens with zero attached hydrogens (tertiary/aromatic N) is 2. The number of halogens is 1. The maximum Gasteiger partial charge on any atom is 0.262 e. The average Bonchev–Trinajstić information content (AvgIpc) is 2.96. The Bertz CT molecular complexity index is 1030. The number of hydrogen-bond acceptors (Lipinski definition) is 4. The van der Waals surface area contributed by atoms with Gasteiger partial charge in [-0.3, -0.25) is 14.2 Å². The van der Waals surface area contributed by atoms with Gasteiger partial charge in [0.05, 0.1) is 23.1 Å². The van der Waals surface area contributed by atoms with Gasteiger partial charge in [0.2, 0.25) is 0 Å². The number of aryl methyl sites for hydroxylation is 1. The molecule has 7 heteroatoms. The molecule has 26 heavy (non-hydrogen) atoms. The van der Waals surface area contributed by atoms with Crippen LogP contribution in [-0.4, -0.2) is 21.5 Å². The highest BCUT2D eigenvalue weighted by Crippen LogP contribution is 2.27. The fourth-order valence-corrected chi connectivity index (χ4v) is 3.73. The van der Waals surface area contributed by atoms with Gasteiger partial charge in [-0.05, 0) is 31.9 Å². The number of hydrogen-bond donors (Lipinski definition) is 1. The second-order valence-corrected chi connectivity index (χ2v) is 7.29. The Balaban J connectivity index is 2.02. The lowest BCUT2D eigenvalue weighted by Crippen LogP contribution is -2.31. The van der Waals surface area contributed by atoms with Gasteiger partial charge in [-0.15, -0.1) is 11.3 Å². The van der Waals surface area contributed by atoms with Crippen molar-refractivity contribution in [3.63, 3.8) is 0 Å². The van der Waals surface area contributed by atoms with Crippen LogP contribution in [0.1, 0.15) is 41.1 Å². The van der Waals surface area contributed by atoms with Crippen LogP contribution in [0.4, 0.5) is 4.39 Å². The molecular weight excluding hydrogens is 353 g/mol. The van der Waals surface area contributed by atoms with E-state index in [4.69, 9.17) is 0 Å². The Morgan fingerprint density at radius 3 is 2.81 bits per heavy atom. The van der Waals surface area contributed by atoms with E-state index >= 15 is 0 Å². The number of carbonyl (C=O) groups excluding carboxylic acids is 1. The Morgan fingerprint density at radius 2 is 2.12 bits per heavy atom. The Morgan fingerprint density at radius 1 is 1.38 bits per heavy atom. The van der Waals surface area contributed by atoms with Gasteiger partial charge in [-0.1, -0.05) is 25.1 Å². The van der Waals surface area contributed by atoms with E-state index in [1.54, 1.807) is 25.1 Å². The quantitative estimate of drug-likeness (QED) is 0.745. The van der Waals surface area contributed by atoms with Gasteiger partial charge in [0.15, 0.2) is 0 Å². The lowest BCUT2D eigenvalue weighted by Gasteiger charge is -2.10. The molecular formula is C19H20FN3O2S. The molecule has 0 bridgehead atoms. The third-order valence-electron chi connectivity index (χ3n) is 4.41. The van der Waals surface area contributed by atoms with Crippen LogP contribution >= 0.6 is 11.3 Å². The van der Waals surface area contributed by atoms with E-state index in [9.17, 15) is 14.0 Å². The molecule has 1 unspecified atom stereocenters. The van der Waals surface area contributed by atoms with Crippen LogP contribution in [0.15, 0.2) is 35.4 Å². The van der Waals surface area contributed by atoms with E-state index in [0.717, 1.165) is 6.42 Å². The molecule has 2 heterocycles. The SMILES string of the molecule is CCC(C)NC(=O)c1sc2ncn(Cc3ccccc3F)c(=O)c2c1C. The molecule has 5 nitrogen and oxygen atoms in total. The Kier molecular flexibility index (Phi) is 5.18. The predicted molar refractivity (Wildman–Crippen MR) is 101 cm³/mol. The van der Waals surface area contributed by atoms with E-state index in [1.165, 1.54) is 28.3 Å². The number of nitrogens with one attached hydrogen (secondary N) is 1. The summed E-state index contributed by atoms with van der Waals surface area (Å²) in [4.78, 5) is 30.6. The average molecular weight is 373 g/mol. The van der Waals surface area contributed by atoms with Gasteiger partial charge in [0.25, 0.3) is 11.5 Å². The molecule has 0 radical (unpaired) electrons. The fourth-order valence-electron chi connectivity index (χ4n) is 2.69. The topological polar surface area (TPSA) is 64.0 Å². The van der Waals surface area contributed by atoms with Crippen LogP contribution in [-0.2, 0) is 6.54 Å². The minimum atomic E-state index is -0.366. The molecule has 0 saturated heterocycles. The molecule has 0 spiro atoms. The normalized spacial score (nSPS) is 12.3. The van der Waals surface area contributed by atoms with Gasteiger partial charge in [0.1, 0.15) is 10.6 Å². The van der Waals surface area contributed by atoms with Crippen molar-refractivity contribution in [3.05, 3.63) is 62.8 Å². The van der Waals surface area contributed by atoms with Gasteiger partial charge in [-0.25, -0.2) is 9.37 Å². The molecule has 3 rings (SSSR count). The molecule has 0 aliphatic heterocycles. The van der Waals surface area contributed by atoms with E-state index in [1.807, 2.05) is 13.8 Å². The van der Waals surface area contributed by atoms with Crippen LogP contribution in [0.3, 0.4) is 0 Å². The maximum absolute atomic E-state index is 13.9. The number of benzene rings is 1. The summed E-state index contributed by atoms with van der Waals surface area (Å²) in [5, 5.41) is 3.33. The van der Waals surface area contributed by atoms with Gasteiger partial charge < -0.3 is 5.32 Å². The first-order valence-corrected chi connectivity index (χ1v) is 9.26. The van der Waals surface area contributed by atoms with Crippen LogP contribution in [0.5, 0.6) is 0 Å². The van der Waals surface area contributed by atoms with E-state index < -0.39 is 0 Å². The summed E-state index contributed by atoms with van der Waals surface area (Å²) in [6, 6.07) is 6.38. The maximum atomic E-state index is 13.9. The summed E-state index contributed by atoms with van der Waals surface area (Å²) in [6.07, 6.45) is 2.23. The Hall–Kier alpha value is -2.54. The second kappa shape index (κ2) is 7.37. The summed E-state index contributed by atoms with van der Waals surface area (Å²) in [5.74, 6) is -0.560. The zero-order valence-corrected chi connectivity index (χ0v) is 15.7. The smallest absolute Gasteiger partial charge is 0.262 e. The molecule has 0 aliphatic rings. The third kappa shape index (κ3) is 3.39. The standard InChI is InChI=1S/C19H20FN3O2S/c1-4-11(2)22-17(24)16-12(3)15-18(26-16)21-10-23(19(15)25)9-13-7-5-6-8-14(13)20/h5-8,10-11H,4,9H2,1-3H3,(H,22,24). The molecule has 3 aromatic rings. The summed E-state index contributed by atoms with van der Waals surface area (Å²) in [7, 11) is 0. The molecule has 1 atom stereocenters. The molecule has 136 valence electrons. The second-order valence-electron chi connectivity index (χ2n) is 6.29. The third-order valence-corrected chi connectivity index (χ3v) is 5.61. The van der Waals surface area contributed by atoms with Crippen LogP contribution in [0.2, 0.25) is 0 Å². The highest BCUT2D eigenvalue weighted by Gasteiger charge is 2.20. The van der Waals surface area contributed by atoms with Crippen molar-refractivity contribution in [1.29, 1.82) is 0 Å². The first kappa shape index (κ1) is 18.3. The predicted octanol–water partition coefficient (Wildman–Crippen LogP) is 3.48. The van der Waals surface area contributed by atoms with Crippen LogP contribution in [0.25, 0.3) is 10.2 Å². The molecule has 1 amide bonds. The fraction of sp³-hybridized carbons (Fsp3) is 0.316. The summed E-state index contributed by atoms with van der Waals surface area (Å²) < 4.78 is 15.3. The number of carbonyl (C=O) groups is 1. The van der Waals surface area contributed by atoms with Crippen molar-refractivity contribution in [2.45, 2.75) is 39.8 Å². The van der Waals surface area contributed by atoms with Crippen molar-refractivity contribution in [1.82, 2.24) is 14.9 Å². The molecule has 1 aromatic carbocycles. The van der Waals surface area contributed by atoms with Crippen molar-refractivity contribution >= 4 is 27.5 Å². The molecule has 0 fully saturated rings. The summed E-state index contributed by atoms with van der Waals surface area (Å²) >= 11 is 1.21. The van der Waals surface area contributed by atoms with Gasteiger partial charge in [0, 0.05) is 11.6 Å². The summed E-state index contributed by atoms with van der Waals surface area (Å²) in [6.45, 7) is 5.77. The monoisotopic (exact) mass is 373 g/mol. The first-order valence-electron chi connectivity index (χ1n) is 8.45. The molecule has 0 aliphatic carbocycles. The van der Waals surface area contributed by atoms with Crippen molar-refractivity contribution in [3.8, 4) is 0 Å². The largest absolute Gasteiger partial charge is 0.349 e. The number of thiophene rings is 1. The van der Waals surface area contributed by atoms with Crippen LogP contribution < -0.4 is 10.9 Å². The lowest BCUT2D eigenvalue weighted by atomic mass is 10.2. The number of aromatic nitrogens is 2. The van der Waals surface area contributed by atoms with Gasteiger partial charge >= 0.3 is 0 Å². The zero-order valence-electron chi connectivity index (χ0n) is 14.9. The van der Waals surface area contributed by atoms with Crippen molar-refractivity contribution in [2.24, 2.45) is 0 Å². The van der Waals surface area contributed by atoms with Gasteiger partial charge in [-0.2, -0.15) is 0 Å². The van der Waals surface area contributed by atoms with E-state index in [2.05, 4.69) is 10.3 Å². The minimum absolute atomic E-state index is 0.0535. The van der Waals surface area contributed by atoms with Crippen molar-refractivity contribution in [2.75, 3.05) is 0 Å². The van der Waals surface area contributed by atoms with E-state index in [0.29, 0.717) is 26.2 Å². The Labute approximate surface area is 154 Å². The molecule has 2 aromatic heterocycles. The van der Waals surface area contributed by atoms with E-state index in [-0.39, 0.29) is 29.9 Å². The number of amides is 1. The molecule has 0 saturated carbocycles. The highest BCUT2D eigenvalue weighted by atomic mass is 32.1. The zero-order chi connectivity index (χ0) is 18.8.